The maximum absolute atomic E-state index is 5.62. The highest BCUT2D eigenvalue weighted by Crippen LogP contribution is 2.20. The Labute approximate surface area is 90.1 Å². The van der Waals surface area contributed by atoms with E-state index in [2.05, 4.69) is 0 Å². The van der Waals surface area contributed by atoms with Crippen LogP contribution >= 0.6 is 12.2 Å². The minimum absolute atomic E-state index is 0.162. The normalized spacial score (nSPS) is 10.3. The predicted molar refractivity (Wildman–Crippen MR) is 62.8 cm³/mol. The van der Waals surface area contributed by atoms with Crippen LogP contribution in [0.1, 0.15) is 25.0 Å². The third-order valence-corrected chi connectivity index (χ3v) is 2.07. The first-order valence-corrected chi connectivity index (χ1v) is 4.98. The summed E-state index contributed by atoms with van der Waals surface area (Å²) in [4.78, 5) is 0.401. The van der Waals surface area contributed by atoms with E-state index in [1.165, 1.54) is 0 Å². The average molecular weight is 209 g/mol. The molecule has 0 aliphatic rings. The van der Waals surface area contributed by atoms with Gasteiger partial charge in [0.15, 0.2) is 0 Å². The highest BCUT2D eigenvalue weighted by atomic mass is 32.1. The molecule has 1 aromatic rings. The van der Waals surface area contributed by atoms with Gasteiger partial charge in [-0.2, -0.15) is 0 Å². The minimum atomic E-state index is 0.162. The van der Waals surface area contributed by atoms with Gasteiger partial charge in [-0.3, -0.25) is 0 Å². The molecule has 0 aliphatic carbocycles. The molecule has 2 nitrogen and oxygen atoms in total. The largest absolute Gasteiger partial charge is 0.491 e. The van der Waals surface area contributed by atoms with E-state index >= 15 is 0 Å². The molecule has 1 aromatic carbocycles. The fraction of sp³-hybridized carbons (Fsp3) is 0.364. The molecule has 14 heavy (non-hydrogen) atoms. The van der Waals surface area contributed by atoms with Crippen molar-refractivity contribution in [3.8, 4) is 5.75 Å². The highest BCUT2D eigenvalue weighted by Gasteiger charge is 2.04. The predicted octanol–water partition coefficient (Wildman–Crippen LogP) is 2.42. The summed E-state index contributed by atoms with van der Waals surface area (Å²) >= 11 is 4.90. The SMILES string of the molecule is Cc1ccc(C(N)=S)cc1OC(C)C. The Hall–Kier alpha value is -1.09. The molecule has 0 amide bonds. The van der Waals surface area contributed by atoms with E-state index in [-0.39, 0.29) is 6.10 Å². The van der Waals surface area contributed by atoms with Crippen molar-refractivity contribution in [3.63, 3.8) is 0 Å². The molecule has 0 fully saturated rings. The van der Waals surface area contributed by atoms with Crippen LogP contribution in [0.5, 0.6) is 5.75 Å². The molecule has 0 spiro atoms. The first kappa shape index (κ1) is 11.0. The van der Waals surface area contributed by atoms with Crippen molar-refractivity contribution in [1.29, 1.82) is 0 Å². The molecular weight excluding hydrogens is 194 g/mol. The number of benzene rings is 1. The molecule has 2 N–H and O–H groups in total. The molecule has 0 aliphatic heterocycles. The lowest BCUT2D eigenvalue weighted by Crippen LogP contribution is -2.11. The Morgan fingerprint density at radius 2 is 2.07 bits per heavy atom. The average Bonchev–Trinajstić information content (AvgIpc) is 2.07. The number of nitrogens with two attached hydrogens (primary N) is 1. The van der Waals surface area contributed by atoms with Gasteiger partial charge in [0, 0.05) is 5.56 Å². The molecule has 0 bridgehead atoms. The Bertz CT molecular complexity index is 347. The lowest BCUT2D eigenvalue weighted by Gasteiger charge is -2.13. The fourth-order valence-corrected chi connectivity index (χ4v) is 1.26. The third-order valence-electron chi connectivity index (χ3n) is 1.84. The number of aryl methyl sites for hydroxylation is 1. The molecule has 0 radical (unpaired) electrons. The standard InChI is InChI=1S/C11H15NOS/c1-7(2)13-10-6-9(11(12)14)5-4-8(10)3/h4-7H,1-3H3,(H2,12,14). The first-order valence-electron chi connectivity index (χ1n) is 4.58. The van der Waals surface area contributed by atoms with Gasteiger partial charge < -0.3 is 10.5 Å². The summed E-state index contributed by atoms with van der Waals surface area (Å²) in [5, 5.41) is 0. The second kappa shape index (κ2) is 4.42. The molecule has 0 unspecified atom stereocenters. The van der Waals surface area contributed by atoms with Crippen molar-refractivity contribution in [2.45, 2.75) is 26.9 Å². The van der Waals surface area contributed by atoms with Crippen molar-refractivity contribution < 1.29 is 4.74 Å². The molecule has 76 valence electrons. The van der Waals surface area contributed by atoms with Gasteiger partial charge in [0.25, 0.3) is 0 Å². The summed E-state index contributed by atoms with van der Waals surface area (Å²) in [6, 6.07) is 5.76. The molecule has 0 atom stereocenters. The van der Waals surface area contributed by atoms with E-state index in [1.54, 1.807) is 0 Å². The Kier molecular flexibility index (Phi) is 3.47. The van der Waals surface area contributed by atoms with Crippen LogP contribution in [0.3, 0.4) is 0 Å². The number of thiocarbonyl (C=S) groups is 1. The Morgan fingerprint density at radius 3 is 2.57 bits per heavy atom. The van der Waals surface area contributed by atoms with Crippen molar-refractivity contribution in [2.75, 3.05) is 0 Å². The lowest BCUT2D eigenvalue weighted by atomic mass is 10.1. The number of hydrogen-bond donors (Lipinski definition) is 1. The zero-order chi connectivity index (χ0) is 10.7. The Balaban J connectivity index is 3.02. The van der Waals surface area contributed by atoms with Crippen LogP contribution in [0.2, 0.25) is 0 Å². The van der Waals surface area contributed by atoms with Gasteiger partial charge in [-0.05, 0) is 32.4 Å². The molecule has 0 heterocycles. The second-order valence-corrected chi connectivity index (χ2v) is 3.95. The van der Waals surface area contributed by atoms with Crippen molar-refractivity contribution in [2.24, 2.45) is 5.73 Å². The van der Waals surface area contributed by atoms with E-state index < -0.39 is 0 Å². The smallest absolute Gasteiger partial charge is 0.123 e. The fourth-order valence-electron chi connectivity index (χ4n) is 1.13. The molecule has 1 rings (SSSR count). The van der Waals surface area contributed by atoms with E-state index in [4.69, 9.17) is 22.7 Å². The van der Waals surface area contributed by atoms with Crippen LogP contribution in [0.4, 0.5) is 0 Å². The van der Waals surface area contributed by atoms with Crippen molar-refractivity contribution in [1.82, 2.24) is 0 Å². The molecular formula is C11H15NOS. The summed E-state index contributed by atoms with van der Waals surface area (Å²) in [5.41, 5.74) is 7.48. The number of hydrogen-bond acceptors (Lipinski definition) is 2. The van der Waals surface area contributed by atoms with E-state index in [1.807, 2.05) is 39.0 Å². The van der Waals surface area contributed by atoms with E-state index in [9.17, 15) is 0 Å². The Morgan fingerprint density at radius 1 is 1.43 bits per heavy atom. The summed E-state index contributed by atoms with van der Waals surface area (Å²) in [6.07, 6.45) is 0.162. The van der Waals surface area contributed by atoms with Gasteiger partial charge in [-0.15, -0.1) is 0 Å². The summed E-state index contributed by atoms with van der Waals surface area (Å²) in [6.45, 7) is 5.99. The van der Waals surface area contributed by atoms with Crippen LogP contribution in [0, 0.1) is 6.92 Å². The van der Waals surface area contributed by atoms with Crippen LogP contribution < -0.4 is 10.5 Å². The maximum Gasteiger partial charge on any atom is 0.123 e. The first-order chi connectivity index (χ1) is 6.50. The molecule has 0 aromatic heterocycles. The van der Waals surface area contributed by atoms with Crippen LogP contribution in [0.25, 0.3) is 0 Å². The maximum atomic E-state index is 5.62. The summed E-state index contributed by atoms with van der Waals surface area (Å²) in [5.74, 6) is 0.852. The summed E-state index contributed by atoms with van der Waals surface area (Å²) < 4.78 is 5.62. The quantitative estimate of drug-likeness (QED) is 0.776. The second-order valence-electron chi connectivity index (χ2n) is 3.51. The van der Waals surface area contributed by atoms with E-state index in [0.717, 1.165) is 16.9 Å². The number of ether oxygens (including phenoxy) is 1. The van der Waals surface area contributed by atoms with Gasteiger partial charge in [0.1, 0.15) is 10.7 Å². The molecule has 0 saturated heterocycles. The van der Waals surface area contributed by atoms with Gasteiger partial charge in [-0.25, -0.2) is 0 Å². The van der Waals surface area contributed by atoms with Crippen LogP contribution in [-0.2, 0) is 0 Å². The van der Waals surface area contributed by atoms with Crippen molar-refractivity contribution in [3.05, 3.63) is 29.3 Å². The van der Waals surface area contributed by atoms with E-state index in [0.29, 0.717) is 4.99 Å². The zero-order valence-electron chi connectivity index (χ0n) is 8.70. The summed E-state index contributed by atoms with van der Waals surface area (Å²) in [7, 11) is 0. The van der Waals surface area contributed by atoms with Gasteiger partial charge in [0.05, 0.1) is 6.10 Å². The monoisotopic (exact) mass is 209 g/mol. The highest BCUT2D eigenvalue weighted by molar-refractivity contribution is 7.80. The minimum Gasteiger partial charge on any atom is -0.491 e. The van der Waals surface area contributed by atoms with Crippen LogP contribution in [0.15, 0.2) is 18.2 Å². The molecule has 3 heteroatoms. The topological polar surface area (TPSA) is 35.2 Å². The lowest BCUT2D eigenvalue weighted by molar-refractivity contribution is 0.241. The zero-order valence-corrected chi connectivity index (χ0v) is 9.52. The van der Waals surface area contributed by atoms with Crippen molar-refractivity contribution >= 4 is 17.2 Å². The van der Waals surface area contributed by atoms with Gasteiger partial charge in [0.2, 0.25) is 0 Å². The van der Waals surface area contributed by atoms with Crippen LogP contribution in [-0.4, -0.2) is 11.1 Å². The van der Waals surface area contributed by atoms with Gasteiger partial charge >= 0.3 is 0 Å². The van der Waals surface area contributed by atoms with Gasteiger partial charge in [-0.1, -0.05) is 24.4 Å². The number of rotatable bonds is 3. The third kappa shape index (κ3) is 2.70. The molecule has 0 saturated carbocycles.